The molecule has 0 radical (unpaired) electrons. The summed E-state index contributed by atoms with van der Waals surface area (Å²) in [4.78, 5) is 35.3. The molecule has 0 aliphatic heterocycles. The molecular formula is C29H25ClF3N7O2. The standard InChI is InChI=1S/C29H25ClF3N7O2/c1-17-20(9-14-23(35-17)29(31,32)33)15-40-28(42)26(19-7-12-22(34-2)13-8-19)25(18-5-10-21(30)11-6-18)27(38-40)37-36-24(41)16-39(3)4/h5-14H,15-16H2,1,3-4H3,(H,36,41)(H,37,38). The molecule has 4 rings (SSSR count). The molecule has 0 spiro atoms. The summed E-state index contributed by atoms with van der Waals surface area (Å²) < 4.78 is 40.7. The first-order valence-electron chi connectivity index (χ1n) is 12.5. The van der Waals surface area contributed by atoms with Crippen molar-refractivity contribution < 1.29 is 18.0 Å². The number of carbonyl (C=O) groups excluding carboxylic acids is 1. The van der Waals surface area contributed by atoms with Crippen LogP contribution in [0, 0.1) is 13.5 Å². The fourth-order valence-electron chi connectivity index (χ4n) is 4.17. The number of pyridine rings is 1. The molecule has 0 bridgehead atoms. The van der Waals surface area contributed by atoms with Crippen LogP contribution in [0.2, 0.25) is 5.02 Å². The number of alkyl halides is 3. The lowest BCUT2D eigenvalue weighted by atomic mass is 9.96. The van der Waals surface area contributed by atoms with Crippen LogP contribution in [0.1, 0.15) is 17.0 Å². The van der Waals surface area contributed by atoms with Gasteiger partial charge < -0.3 is 4.90 Å². The number of anilines is 1. The topological polar surface area (TPSA) is 96.5 Å². The van der Waals surface area contributed by atoms with Gasteiger partial charge in [0.25, 0.3) is 11.5 Å². The summed E-state index contributed by atoms with van der Waals surface area (Å²) in [6, 6.07) is 15.1. The Hall–Kier alpha value is -4.73. The summed E-state index contributed by atoms with van der Waals surface area (Å²) in [5.74, 6) is -0.279. The van der Waals surface area contributed by atoms with Crippen LogP contribution in [0.15, 0.2) is 65.5 Å². The second-order valence-electron chi connectivity index (χ2n) is 9.58. The SMILES string of the molecule is [C-]#[N+]c1ccc(-c2c(-c3ccc(Cl)cc3)c(NNC(=O)CN(C)C)nn(Cc3ccc(C(F)(F)F)nc3C)c2=O)cc1. The van der Waals surface area contributed by atoms with E-state index in [-0.39, 0.29) is 36.1 Å². The highest BCUT2D eigenvalue weighted by Crippen LogP contribution is 2.36. The molecule has 0 aliphatic rings. The molecule has 2 aromatic carbocycles. The molecule has 42 heavy (non-hydrogen) atoms. The van der Waals surface area contributed by atoms with Crippen molar-refractivity contribution in [3.8, 4) is 22.3 Å². The van der Waals surface area contributed by atoms with E-state index in [1.165, 1.54) is 13.0 Å². The summed E-state index contributed by atoms with van der Waals surface area (Å²) in [6.45, 7) is 8.55. The third-order valence-corrected chi connectivity index (χ3v) is 6.41. The number of nitrogens with zero attached hydrogens (tertiary/aromatic N) is 5. The Bertz CT molecular complexity index is 1710. The first-order valence-corrected chi connectivity index (χ1v) is 12.9. The number of likely N-dealkylation sites (N-methyl/N-ethyl adjacent to an activating group) is 1. The molecule has 0 aliphatic carbocycles. The number of hydrazine groups is 1. The number of hydrogen-bond donors (Lipinski definition) is 2. The van der Waals surface area contributed by atoms with Gasteiger partial charge in [0.2, 0.25) is 0 Å². The van der Waals surface area contributed by atoms with Crippen molar-refractivity contribution in [1.82, 2.24) is 25.1 Å². The van der Waals surface area contributed by atoms with Gasteiger partial charge in [-0.15, -0.1) is 5.10 Å². The van der Waals surface area contributed by atoms with Gasteiger partial charge in [0.15, 0.2) is 11.5 Å². The van der Waals surface area contributed by atoms with Crippen LogP contribution in [0.5, 0.6) is 0 Å². The summed E-state index contributed by atoms with van der Waals surface area (Å²) in [5, 5.41) is 4.94. The highest BCUT2D eigenvalue weighted by Gasteiger charge is 2.32. The van der Waals surface area contributed by atoms with Crippen molar-refractivity contribution in [3.05, 3.63) is 104 Å². The molecule has 1 amide bonds. The number of hydrogen-bond acceptors (Lipinski definition) is 6. The van der Waals surface area contributed by atoms with E-state index >= 15 is 0 Å². The number of nitrogens with one attached hydrogen (secondary N) is 2. The van der Waals surface area contributed by atoms with E-state index in [0.717, 1.165) is 10.7 Å². The Morgan fingerprint density at radius 3 is 2.21 bits per heavy atom. The minimum atomic E-state index is -4.62. The zero-order valence-corrected chi connectivity index (χ0v) is 23.5. The van der Waals surface area contributed by atoms with Crippen molar-refractivity contribution in [2.45, 2.75) is 19.6 Å². The number of halogens is 4. The van der Waals surface area contributed by atoms with E-state index in [2.05, 4.69) is 25.8 Å². The zero-order valence-electron chi connectivity index (χ0n) is 22.8. The molecule has 4 aromatic rings. The number of amides is 1. The summed E-state index contributed by atoms with van der Waals surface area (Å²) in [7, 11) is 3.45. The maximum Gasteiger partial charge on any atom is 0.433 e. The van der Waals surface area contributed by atoms with Crippen molar-refractivity contribution in [2.75, 3.05) is 26.1 Å². The first kappa shape index (κ1) is 30.2. The van der Waals surface area contributed by atoms with E-state index in [1.54, 1.807) is 67.5 Å². The van der Waals surface area contributed by atoms with Gasteiger partial charge in [-0.2, -0.15) is 13.2 Å². The fourth-order valence-corrected chi connectivity index (χ4v) is 4.29. The molecule has 13 heteroatoms. The van der Waals surface area contributed by atoms with Gasteiger partial charge in [-0.1, -0.05) is 54.1 Å². The minimum absolute atomic E-state index is 0.0598. The van der Waals surface area contributed by atoms with Crippen LogP contribution in [-0.4, -0.2) is 46.2 Å². The lowest BCUT2D eigenvalue weighted by molar-refractivity contribution is -0.141. The molecule has 0 saturated heterocycles. The predicted molar refractivity (Wildman–Crippen MR) is 154 cm³/mol. The first-order chi connectivity index (χ1) is 19.9. The van der Waals surface area contributed by atoms with Gasteiger partial charge in [-0.3, -0.25) is 20.4 Å². The van der Waals surface area contributed by atoms with Crippen molar-refractivity contribution in [3.63, 3.8) is 0 Å². The minimum Gasteiger partial charge on any atom is -0.301 e. The molecule has 9 nitrogen and oxygen atoms in total. The fraction of sp³-hybridized carbons (Fsp3) is 0.207. The molecule has 2 heterocycles. The highest BCUT2D eigenvalue weighted by atomic mass is 35.5. The van der Waals surface area contributed by atoms with E-state index in [9.17, 15) is 22.8 Å². The molecular weight excluding hydrogens is 571 g/mol. The lowest BCUT2D eigenvalue weighted by Gasteiger charge is -2.20. The third-order valence-electron chi connectivity index (χ3n) is 6.16. The highest BCUT2D eigenvalue weighted by molar-refractivity contribution is 6.30. The van der Waals surface area contributed by atoms with Crippen LogP contribution in [-0.2, 0) is 17.5 Å². The normalized spacial score (nSPS) is 11.3. The van der Waals surface area contributed by atoms with Crippen LogP contribution < -0.4 is 16.4 Å². The number of aryl methyl sites for hydroxylation is 1. The number of aromatic nitrogens is 3. The third kappa shape index (κ3) is 6.94. The number of benzene rings is 2. The van der Waals surface area contributed by atoms with Crippen molar-refractivity contribution in [1.29, 1.82) is 0 Å². The number of carbonyl (C=O) groups is 1. The molecule has 216 valence electrons. The average Bonchev–Trinajstić information content (AvgIpc) is 2.93. The van der Waals surface area contributed by atoms with Gasteiger partial charge in [0.05, 0.1) is 25.2 Å². The Labute approximate surface area is 244 Å². The lowest BCUT2D eigenvalue weighted by Crippen LogP contribution is -2.38. The van der Waals surface area contributed by atoms with E-state index in [0.29, 0.717) is 33.0 Å². The Morgan fingerprint density at radius 1 is 1.02 bits per heavy atom. The monoisotopic (exact) mass is 595 g/mol. The van der Waals surface area contributed by atoms with Crippen LogP contribution in [0.25, 0.3) is 27.1 Å². The van der Waals surface area contributed by atoms with E-state index in [4.69, 9.17) is 18.2 Å². The summed E-state index contributed by atoms with van der Waals surface area (Å²) >= 11 is 6.12. The van der Waals surface area contributed by atoms with Crippen molar-refractivity contribution >= 4 is 29.0 Å². The van der Waals surface area contributed by atoms with Gasteiger partial charge in [-0.25, -0.2) is 14.5 Å². The Kier molecular flexibility index (Phi) is 8.94. The van der Waals surface area contributed by atoms with E-state index < -0.39 is 17.4 Å². The Balaban J connectivity index is 1.94. The second kappa shape index (κ2) is 12.4. The largest absolute Gasteiger partial charge is 0.433 e. The maximum absolute atomic E-state index is 14.1. The smallest absolute Gasteiger partial charge is 0.301 e. The van der Waals surface area contributed by atoms with Gasteiger partial charge in [0, 0.05) is 16.3 Å². The van der Waals surface area contributed by atoms with Crippen LogP contribution in [0.4, 0.5) is 24.7 Å². The van der Waals surface area contributed by atoms with Gasteiger partial charge in [-0.05, 0) is 55.9 Å². The van der Waals surface area contributed by atoms with Crippen LogP contribution >= 0.6 is 11.6 Å². The molecule has 2 aromatic heterocycles. The van der Waals surface area contributed by atoms with Crippen LogP contribution in [0.3, 0.4) is 0 Å². The molecule has 2 N–H and O–H groups in total. The summed E-state index contributed by atoms with van der Waals surface area (Å²) in [5.41, 5.74) is 6.12. The van der Waals surface area contributed by atoms with Gasteiger partial charge >= 0.3 is 6.18 Å². The van der Waals surface area contributed by atoms with Gasteiger partial charge in [0.1, 0.15) is 5.69 Å². The predicted octanol–water partition coefficient (Wildman–Crippen LogP) is 5.56. The summed E-state index contributed by atoms with van der Waals surface area (Å²) in [6.07, 6.45) is -4.62. The van der Waals surface area contributed by atoms with Crippen molar-refractivity contribution in [2.24, 2.45) is 0 Å². The molecule has 0 unspecified atom stereocenters. The van der Waals surface area contributed by atoms with E-state index in [1.807, 2.05) is 0 Å². The Morgan fingerprint density at radius 2 is 1.64 bits per heavy atom. The average molecular weight is 596 g/mol. The second-order valence-corrected chi connectivity index (χ2v) is 10.0. The molecule has 0 atom stereocenters. The number of rotatable bonds is 8. The maximum atomic E-state index is 14.1. The molecule has 0 saturated carbocycles. The quantitative estimate of drug-likeness (QED) is 0.205. The molecule has 0 fully saturated rings. The zero-order chi connectivity index (χ0) is 30.6.